The molecule has 2 fully saturated rings. The van der Waals surface area contributed by atoms with Gasteiger partial charge in [0, 0.05) is 36.7 Å². The summed E-state index contributed by atoms with van der Waals surface area (Å²) in [4.78, 5) is 37.8. The molecule has 2 atom stereocenters. The van der Waals surface area contributed by atoms with Gasteiger partial charge < -0.3 is 15.5 Å². The fourth-order valence-corrected chi connectivity index (χ4v) is 4.36. The van der Waals surface area contributed by atoms with E-state index in [-0.39, 0.29) is 29.7 Å². The molecule has 3 N–H and O–H groups in total. The lowest BCUT2D eigenvalue weighted by Gasteiger charge is -2.29. The van der Waals surface area contributed by atoms with Crippen LogP contribution in [0.15, 0.2) is 18.2 Å². The van der Waals surface area contributed by atoms with Crippen LogP contribution in [-0.2, 0) is 22.7 Å². The van der Waals surface area contributed by atoms with Gasteiger partial charge in [0.2, 0.25) is 11.8 Å². The third-order valence-electron chi connectivity index (χ3n) is 6.03. The van der Waals surface area contributed by atoms with Gasteiger partial charge in [0.25, 0.3) is 5.91 Å². The first-order chi connectivity index (χ1) is 12.8. The van der Waals surface area contributed by atoms with Crippen molar-refractivity contribution in [3.05, 3.63) is 34.9 Å². The lowest BCUT2D eigenvalue weighted by Crippen LogP contribution is -2.52. The summed E-state index contributed by atoms with van der Waals surface area (Å²) in [6, 6.07) is 5.74. The van der Waals surface area contributed by atoms with E-state index in [1.165, 1.54) is 0 Å². The Morgan fingerprint density at radius 2 is 2.04 bits per heavy atom. The van der Waals surface area contributed by atoms with Gasteiger partial charge in [-0.05, 0) is 50.4 Å². The zero-order valence-corrected chi connectivity index (χ0v) is 15.8. The molecule has 4 rings (SSSR count). The molecule has 1 aromatic carbocycles. The standard InChI is InChI=1S/C20H26N4O3/c1-20(2)16(7-8-22-20)21-10-12-3-4-14-13(9-12)11-24(19(14)27)15-5-6-17(25)23-18(15)26/h3-4,9,15-16,21-22H,5-8,10-11H2,1-2H3,(H,23,25,26). The first-order valence-electron chi connectivity index (χ1n) is 9.60. The molecule has 3 amide bonds. The second-order valence-corrected chi connectivity index (χ2v) is 8.26. The number of carbonyl (C=O) groups is 3. The van der Waals surface area contributed by atoms with Crippen LogP contribution < -0.4 is 16.0 Å². The van der Waals surface area contributed by atoms with Crippen molar-refractivity contribution in [3.63, 3.8) is 0 Å². The van der Waals surface area contributed by atoms with Crippen molar-refractivity contribution in [2.45, 2.75) is 63.8 Å². The second kappa shape index (κ2) is 6.73. The number of hydrogen-bond acceptors (Lipinski definition) is 5. The second-order valence-electron chi connectivity index (χ2n) is 8.26. The molecule has 3 heterocycles. The number of imide groups is 1. The minimum absolute atomic E-state index is 0.0786. The van der Waals surface area contributed by atoms with Gasteiger partial charge in [-0.15, -0.1) is 0 Å². The predicted octanol–water partition coefficient (Wildman–Crippen LogP) is 0.678. The molecule has 0 bridgehead atoms. The quantitative estimate of drug-likeness (QED) is 0.678. The van der Waals surface area contributed by atoms with E-state index in [1.807, 2.05) is 12.1 Å². The Morgan fingerprint density at radius 1 is 1.22 bits per heavy atom. The summed E-state index contributed by atoms with van der Waals surface area (Å²) in [5.74, 6) is -0.761. The molecule has 2 unspecified atom stereocenters. The van der Waals surface area contributed by atoms with Gasteiger partial charge in [0.05, 0.1) is 0 Å². The highest BCUT2D eigenvalue weighted by Crippen LogP contribution is 2.28. The highest BCUT2D eigenvalue weighted by atomic mass is 16.2. The topological polar surface area (TPSA) is 90.5 Å². The molecule has 7 nitrogen and oxygen atoms in total. The molecule has 7 heteroatoms. The highest BCUT2D eigenvalue weighted by molar-refractivity contribution is 6.05. The maximum absolute atomic E-state index is 12.7. The van der Waals surface area contributed by atoms with E-state index in [0.717, 1.165) is 30.6 Å². The third kappa shape index (κ3) is 3.37. The van der Waals surface area contributed by atoms with Crippen LogP contribution in [0.1, 0.15) is 54.6 Å². The number of hydrogen-bond donors (Lipinski definition) is 3. The molecule has 1 aromatic rings. The number of nitrogens with zero attached hydrogens (tertiary/aromatic N) is 1. The summed E-state index contributed by atoms with van der Waals surface area (Å²) >= 11 is 0. The Bertz CT molecular complexity index is 804. The minimum atomic E-state index is -0.561. The van der Waals surface area contributed by atoms with E-state index in [1.54, 1.807) is 4.90 Å². The predicted molar refractivity (Wildman–Crippen MR) is 99.8 cm³/mol. The smallest absolute Gasteiger partial charge is 0.255 e. The van der Waals surface area contributed by atoms with Crippen LogP contribution in [0.3, 0.4) is 0 Å². The molecule has 3 aliphatic heterocycles. The number of carbonyl (C=O) groups excluding carboxylic acids is 3. The number of fused-ring (bicyclic) bond motifs is 1. The van der Waals surface area contributed by atoms with Gasteiger partial charge in [0.15, 0.2) is 0 Å². The zero-order chi connectivity index (χ0) is 19.2. The summed E-state index contributed by atoms with van der Waals surface area (Å²) in [5.41, 5.74) is 2.82. The summed E-state index contributed by atoms with van der Waals surface area (Å²) in [6.07, 6.45) is 1.76. The van der Waals surface area contributed by atoms with Crippen molar-refractivity contribution in [2.75, 3.05) is 6.54 Å². The van der Waals surface area contributed by atoms with Crippen LogP contribution in [-0.4, -0.2) is 46.8 Å². The van der Waals surface area contributed by atoms with Crippen molar-refractivity contribution in [2.24, 2.45) is 0 Å². The third-order valence-corrected chi connectivity index (χ3v) is 6.03. The number of amides is 3. The van der Waals surface area contributed by atoms with Crippen LogP contribution in [0, 0.1) is 0 Å². The first-order valence-corrected chi connectivity index (χ1v) is 9.60. The average Bonchev–Trinajstić information content (AvgIpc) is 3.12. The molecule has 3 aliphatic rings. The number of nitrogens with one attached hydrogen (secondary N) is 3. The van der Waals surface area contributed by atoms with Gasteiger partial charge in [-0.1, -0.05) is 12.1 Å². The molecule has 0 spiro atoms. The van der Waals surface area contributed by atoms with Crippen LogP contribution >= 0.6 is 0 Å². The van der Waals surface area contributed by atoms with Gasteiger partial charge in [0.1, 0.15) is 6.04 Å². The number of benzene rings is 1. The Kier molecular flexibility index (Phi) is 4.52. The SMILES string of the molecule is CC1(C)NCCC1NCc1ccc2c(c1)CN(C1CCC(=O)NC1=O)C2=O. The molecule has 0 aliphatic carbocycles. The van der Waals surface area contributed by atoms with Crippen LogP contribution in [0.25, 0.3) is 0 Å². The van der Waals surface area contributed by atoms with Crippen molar-refractivity contribution in [1.82, 2.24) is 20.9 Å². The van der Waals surface area contributed by atoms with Gasteiger partial charge in [-0.25, -0.2) is 0 Å². The molecule has 27 heavy (non-hydrogen) atoms. The van der Waals surface area contributed by atoms with Crippen molar-refractivity contribution < 1.29 is 14.4 Å². The lowest BCUT2D eigenvalue weighted by molar-refractivity contribution is -0.136. The summed E-state index contributed by atoms with van der Waals surface area (Å²) in [7, 11) is 0. The van der Waals surface area contributed by atoms with Crippen LogP contribution in [0.5, 0.6) is 0 Å². The Labute approximate surface area is 158 Å². The molecular weight excluding hydrogens is 344 g/mol. The van der Waals surface area contributed by atoms with Crippen molar-refractivity contribution >= 4 is 17.7 Å². The normalized spacial score (nSPS) is 27.0. The van der Waals surface area contributed by atoms with Crippen LogP contribution in [0.4, 0.5) is 0 Å². The Balaban J connectivity index is 1.45. The first kappa shape index (κ1) is 18.1. The number of piperidine rings is 1. The van der Waals surface area contributed by atoms with E-state index in [4.69, 9.17) is 0 Å². The fourth-order valence-electron chi connectivity index (χ4n) is 4.36. The van der Waals surface area contributed by atoms with E-state index >= 15 is 0 Å². The van der Waals surface area contributed by atoms with Gasteiger partial charge in [-0.3, -0.25) is 19.7 Å². The maximum atomic E-state index is 12.7. The number of rotatable bonds is 4. The Hall–Kier alpha value is -2.25. The Morgan fingerprint density at radius 3 is 2.74 bits per heavy atom. The van der Waals surface area contributed by atoms with E-state index in [9.17, 15) is 14.4 Å². The molecule has 0 aromatic heterocycles. The average molecular weight is 370 g/mol. The maximum Gasteiger partial charge on any atom is 0.255 e. The van der Waals surface area contributed by atoms with E-state index in [2.05, 4.69) is 35.9 Å². The summed E-state index contributed by atoms with van der Waals surface area (Å²) < 4.78 is 0. The molecular formula is C20H26N4O3. The molecule has 144 valence electrons. The summed E-state index contributed by atoms with van der Waals surface area (Å²) in [6.45, 7) is 6.60. The molecule has 2 saturated heterocycles. The van der Waals surface area contributed by atoms with Crippen molar-refractivity contribution in [1.29, 1.82) is 0 Å². The zero-order valence-electron chi connectivity index (χ0n) is 15.8. The largest absolute Gasteiger partial charge is 0.322 e. The molecule has 0 saturated carbocycles. The van der Waals surface area contributed by atoms with Gasteiger partial charge in [-0.2, -0.15) is 0 Å². The van der Waals surface area contributed by atoms with Crippen LogP contribution in [0.2, 0.25) is 0 Å². The minimum Gasteiger partial charge on any atom is -0.322 e. The molecule has 0 radical (unpaired) electrons. The highest BCUT2D eigenvalue weighted by Gasteiger charge is 2.39. The van der Waals surface area contributed by atoms with E-state index in [0.29, 0.717) is 24.6 Å². The van der Waals surface area contributed by atoms with Crippen molar-refractivity contribution in [3.8, 4) is 0 Å². The fraction of sp³-hybridized carbons (Fsp3) is 0.550. The monoisotopic (exact) mass is 370 g/mol. The van der Waals surface area contributed by atoms with Gasteiger partial charge >= 0.3 is 0 Å². The lowest BCUT2D eigenvalue weighted by atomic mass is 9.96. The summed E-state index contributed by atoms with van der Waals surface area (Å²) in [5, 5.41) is 9.45. The van der Waals surface area contributed by atoms with E-state index < -0.39 is 6.04 Å².